The van der Waals surface area contributed by atoms with E-state index < -0.39 is 0 Å². The standard InChI is InChI=1S/C58H65N4O.Pt/c1-54(2,3)40-25-26-59-53(33-40)62-50-24-21-39(38-19-17-16-18-20-38)27-49(50)48-23-22-46(35-51(48)62)63-47-32-43(57(10,11)12)29-44(34-47)60-36-52(58(13,14)15)61(37-60)45-30-41(55(4,5)6)28-42(31-45)56(7,8)9;/h16-33,36-37H,1-15H3;/q-3;. The minimum absolute atomic E-state index is 0. The number of fused-ring (bicyclic) bond motifs is 3. The van der Waals surface area contributed by atoms with Crippen LogP contribution in [0.15, 0.2) is 121 Å². The van der Waals surface area contributed by atoms with Gasteiger partial charge in [0.2, 0.25) is 0 Å². The van der Waals surface area contributed by atoms with Crippen molar-refractivity contribution in [3.8, 4) is 28.4 Å². The molecule has 3 heterocycles. The number of aromatic nitrogens is 2. The van der Waals surface area contributed by atoms with Gasteiger partial charge in [-0.2, -0.15) is 6.07 Å². The van der Waals surface area contributed by atoms with Gasteiger partial charge >= 0.3 is 0 Å². The van der Waals surface area contributed by atoms with Gasteiger partial charge in [0.25, 0.3) is 0 Å². The molecule has 0 bridgehead atoms. The molecular weight excluding hydrogens is 964 g/mol. The number of rotatable bonds is 6. The molecule has 0 amide bonds. The average Bonchev–Trinajstić information content (AvgIpc) is 3.80. The van der Waals surface area contributed by atoms with E-state index in [4.69, 9.17) is 9.72 Å². The molecule has 2 aromatic heterocycles. The van der Waals surface area contributed by atoms with Crippen LogP contribution in [-0.4, -0.2) is 9.55 Å². The molecule has 1 aliphatic heterocycles. The van der Waals surface area contributed by atoms with Crippen molar-refractivity contribution in [1.82, 2.24) is 9.55 Å². The molecule has 336 valence electrons. The van der Waals surface area contributed by atoms with Crippen LogP contribution in [-0.2, 0) is 42.7 Å². The molecule has 0 unspecified atom stereocenters. The maximum atomic E-state index is 6.87. The summed E-state index contributed by atoms with van der Waals surface area (Å²) < 4.78 is 9.10. The molecule has 5 nitrogen and oxygen atoms in total. The molecule has 0 saturated heterocycles. The summed E-state index contributed by atoms with van der Waals surface area (Å²) in [4.78, 5) is 9.53. The first-order valence-electron chi connectivity index (χ1n) is 22.4. The van der Waals surface area contributed by atoms with Gasteiger partial charge < -0.3 is 19.1 Å². The van der Waals surface area contributed by atoms with Gasteiger partial charge in [0.05, 0.1) is 0 Å². The zero-order valence-corrected chi connectivity index (χ0v) is 42.8. The van der Waals surface area contributed by atoms with Gasteiger partial charge in [-0.3, -0.25) is 0 Å². The summed E-state index contributed by atoms with van der Waals surface area (Å²) in [5.41, 5.74) is 12.3. The maximum absolute atomic E-state index is 6.87. The van der Waals surface area contributed by atoms with Gasteiger partial charge in [-0.1, -0.05) is 158 Å². The van der Waals surface area contributed by atoms with Crippen LogP contribution < -0.4 is 14.5 Å². The number of hydrogen-bond acceptors (Lipinski definition) is 4. The number of nitrogens with zero attached hydrogens (tertiary/aromatic N) is 4. The second kappa shape index (κ2) is 16.7. The number of ether oxygens (including phenoxy) is 1. The van der Waals surface area contributed by atoms with Gasteiger partial charge in [-0.25, -0.2) is 4.98 Å². The van der Waals surface area contributed by atoms with E-state index in [-0.39, 0.29) is 48.1 Å². The zero-order chi connectivity index (χ0) is 45.4. The first-order chi connectivity index (χ1) is 29.3. The van der Waals surface area contributed by atoms with Crippen LogP contribution in [0.25, 0.3) is 38.8 Å². The summed E-state index contributed by atoms with van der Waals surface area (Å²) in [6, 6.07) is 44.7. The van der Waals surface area contributed by atoms with Gasteiger partial charge in [-0.15, -0.1) is 53.6 Å². The van der Waals surface area contributed by atoms with Crippen LogP contribution in [0.1, 0.15) is 126 Å². The van der Waals surface area contributed by atoms with Crippen molar-refractivity contribution in [3.05, 3.63) is 162 Å². The number of benzene rings is 5. The Balaban J connectivity index is 0.00000612. The summed E-state index contributed by atoms with van der Waals surface area (Å²) in [5.74, 6) is 2.10. The molecule has 5 aromatic carbocycles. The zero-order valence-electron chi connectivity index (χ0n) is 40.6. The van der Waals surface area contributed by atoms with Crippen molar-refractivity contribution in [1.29, 1.82) is 0 Å². The number of anilines is 2. The van der Waals surface area contributed by atoms with Crippen LogP contribution in [0.5, 0.6) is 11.5 Å². The third-order valence-corrected chi connectivity index (χ3v) is 12.2. The smallest absolute Gasteiger partial charge is 0.135 e. The van der Waals surface area contributed by atoms with Gasteiger partial charge in [-0.05, 0) is 91.4 Å². The summed E-state index contributed by atoms with van der Waals surface area (Å²) in [7, 11) is 0. The van der Waals surface area contributed by atoms with Gasteiger partial charge in [0, 0.05) is 61.1 Å². The molecule has 64 heavy (non-hydrogen) atoms. The van der Waals surface area contributed by atoms with E-state index in [2.05, 4.69) is 240 Å². The molecule has 1 aliphatic rings. The van der Waals surface area contributed by atoms with Gasteiger partial charge in [0.1, 0.15) is 5.82 Å². The predicted octanol–water partition coefficient (Wildman–Crippen LogP) is 15.8. The molecule has 0 aliphatic carbocycles. The molecular formula is C58H65N4OPt-3. The summed E-state index contributed by atoms with van der Waals surface area (Å²) >= 11 is 0. The Kier molecular flexibility index (Phi) is 12.2. The third kappa shape index (κ3) is 9.48. The number of allylic oxidation sites excluding steroid dienone is 1. The van der Waals surface area contributed by atoms with Crippen molar-refractivity contribution in [3.63, 3.8) is 0 Å². The van der Waals surface area contributed by atoms with E-state index in [0.717, 1.165) is 50.1 Å². The van der Waals surface area contributed by atoms with Crippen LogP contribution in [0.4, 0.5) is 11.4 Å². The molecule has 7 aromatic rings. The van der Waals surface area contributed by atoms with Crippen molar-refractivity contribution >= 4 is 33.2 Å². The molecule has 0 saturated carbocycles. The van der Waals surface area contributed by atoms with Crippen LogP contribution >= 0.6 is 0 Å². The Morgan fingerprint density at radius 3 is 1.77 bits per heavy atom. The third-order valence-electron chi connectivity index (χ3n) is 12.2. The predicted molar refractivity (Wildman–Crippen MR) is 266 cm³/mol. The Bertz CT molecular complexity index is 2840. The van der Waals surface area contributed by atoms with Gasteiger partial charge in [0.15, 0.2) is 0 Å². The Hall–Kier alpha value is -5.12. The largest absolute Gasteiger partial charge is 0.509 e. The topological polar surface area (TPSA) is 33.5 Å². The summed E-state index contributed by atoms with van der Waals surface area (Å²) in [6.07, 6.45) is 4.18. The van der Waals surface area contributed by atoms with E-state index in [0.29, 0.717) is 11.5 Å². The van der Waals surface area contributed by atoms with E-state index in [9.17, 15) is 0 Å². The fraction of sp³-hybridized carbons (Fsp3) is 0.345. The van der Waals surface area contributed by atoms with Crippen molar-refractivity contribution < 1.29 is 25.8 Å². The summed E-state index contributed by atoms with van der Waals surface area (Å²) in [5, 5.41) is 2.22. The fourth-order valence-corrected chi connectivity index (χ4v) is 8.24. The van der Waals surface area contributed by atoms with Crippen LogP contribution in [0.2, 0.25) is 0 Å². The first-order valence-corrected chi connectivity index (χ1v) is 22.4. The van der Waals surface area contributed by atoms with Crippen molar-refractivity contribution in [2.75, 3.05) is 9.80 Å². The fourth-order valence-electron chi connectivity index (χ4n) is 8.24. The number of hydrogen-bond donors (Lipinski definition) is 0. The van der Waals surface area contributed by atoms with Crippen LogP contribution in [0.3, 0.4) is 0 Å². The molecule has 0 atom stereocenters. The monoisotopic (exact) mass is 1030 g/mol. The Labute approximate surface area is 397 Å². The Morgan fingerprint density at radius 2 is 1.16 bits per heavy atom. The SMILES string of the molecule is CC(C)(C)C1=CN(c2[c-]c(Oc3[c-]c4c(cc3)c3cc(-c5ccccc5)ccc3n4-c3cc(C(C)(C)C)ccn3)cc(C(C)(C)C)c2)[CH-]N1c1cc(C(C)(C)C)cc(C(C)(C)C)c1.[Pt]. The molecule has 6 heteroatoms. The molecule has 0 N–H and O–H groups in total. The molecule has 8 rings (SSSR count). The normalized spacial score (nSPS) is 14.0. The maximum Gasteiger partial charge on any atom is 0.135 e. The quantitative estimate of drug-likeness (QED) is 0.155. The minimum Gasteiger partial charge on any atom is -0.509 e. The average molecular weight is 1030 g/mol. The van der Waals surface area contributed by atoms with E-state index in [1.165, 1.54) is 28.0 Å². The van der Waals surface area contributed by atoms with Crippen molar-refractivity contribution in [2.24, 2.45) is 5.41 Å². The van der Waals surface area contributed by atoms with E-state index >= 15 is 0 Å². The molecule has 0 fully saturated rings. The Morgan fingerprint density at radius 1 is 0.531 bits per heavy atom. The molecule has 0 spiro atoms. The minimum atomic E-state index is -0.152. The second-order valence-electron chi connectivity index (χ2n) is 22.6. The van der Waals surface area contributed by atoms with E-state index in [1.54, 1.807) is 0 Å². The first kappa shape index (κ1) is 46.9. The number of pyridine rings is 1. The van der Waals surface area contributed by atoms with Crippen LogP contribution in [0, 0.1) is 24.2 Å². The molecule has 0 radical (unpaired) electrons. The van der Waals surface area contributed by atoms with Crippen molar-refractivity contribution in [2.45, 2.75) is 126 Å². The second-order valence-corrected chi connectivity index (χ2v) is 22.6. The van der Waals surface area contributed by atoms with E-state index in [1.807, 2.05) is 12.3 Å². The summed E-state index contributed by atoms with van der Waals surface area (Å²) in [6.45, 7) is 36.3.